The molecule has 0 saturated carbocycles. The highest BCUT2D eigenvalue weighted by Gasteiger charge is 2.27. The van der Waals surface area contributed by atoms with Gasteiger partial charge in [-0.25, -0.2) is 0 Å². The summed E-state index contributed by atoms with van der Waals surface area (Å²) in [5.41, 5.74) is 16.2. The lowest BCUT2D eigenvalue weighted by atomic mass is 9.88. The van der Waals surface area contributed by atoms with Crippen LogP contribution in [0.4, 0.5) is 22.7 Å². The Labute approximate surface area is 564 Å². The van der Waals surface area contributed by atoms with Crippen LogP contribution in [0.5, 0.6) is 17.2 Å². The first-order valence-electron chi connectivity index (χ1n) is 36.2. The molecule has 506 valence electrons. The lowest BCUT2D eigenvalue weighted by molar-refractivity contribution is -0.384. The summed E-state index contributed by atoms with van der Waals surface area (Å²) in [7, 11) is 0. The number of ether oxygens (including phenoxy) is 2. The number of phenolic OH excluding ortho intramolecular Hbond substituents is 3. The molecule has 4 unspecified atom stereocenters. The first kappa shape index (κ1) is 72.5. The number of nitrogens with zero attached hydrogens (tertiary/aromatic N) is 4. The molecule has 3 N–H and O–H groups in total. The third-order valence-electron chi connectivity index (χ3n) is 20.1. The van der Waals surface area contributed by atoms with Crippen molar-refractivity contribution >= 4 is 22.7 Å². The Hall–Kier alpha value is -7.34. The molecule has 94 heavy (non-hydrogen) atoms. The highest BCUT2D eigenvalue weighted by atomic mass is 16.7. The van der Waals surface area contributed by atoms with E-state index in [-0.39, 0.29) is 27.9 Å². The zero-order valence-corrected chi connectivity index (χ0v) is 58.3. The van der Waals surface area contributed by atoms with Gasteiger partial charge in [0.15, 0.2) is 6.29 Å². The van der Waals surface area contributed by atoms with Gasteiger partial charge in [-0.3, -0.25) is 10.1 Å². The maximum atomic E-state index is 12.6. The van der Waals surface area contributed by atoms with E-state index in [2.05, 4.69) is 125 Å². The van der Waals surface area contributed by atoms with Crippen LogP contribution in [0, 0.1) is 33.8 Å². The fourth-order valence-corrected chi connectivity index (χ4v) is 13.9. The molecular formula is C83H112N4O7. The fraction of sp³-hybridized carbons (Fsp3) is 0.494. The van der Waals surface area contributed by atoms with E-state index in [0.717, 1.165) is 140 Å². The number of nitro benzene ring substituents is 1. The maximum Gasteiger partial charge on any atom is 0.269 e. The normalized spacial score (nSPS) is 13.8. The number of anilines is 3. The van der Waals surface area contributed by atoms with Crippen molar-refractivity contribution in [3.63, 3.8) is 0 Å². The third-order valence-corrected chi connectivity index (χ3v) is 20.1. The monoisotopic (exact) mass is 1280 g/mol. The molecule has 1 heterocycles. The first-order chi connectivity index (χ1) is 45.7. The smallest absolute Gasteiger partial charge is 0.269 e. The predicted octanol–water partition coefficient (Wildman–Crippen LogP) is 21.4. The second-order valence-corrected chi connectivity index (χ2v) is 27.1. The predicted molar refractivity (Wildman–Crippen MR) is 389 cm³/mol. The van der Waals surface area contributed by atoms with Crippen molar-refractivity contribution < 1.29 is 29.7 Å². The van der Waals surface area contributed by atoms with Gasteiger partial charge < -0.3 is 39.5 Å². The van der Waals surface area contributed by atoms with Crippen molar-refractivity contribution in [1.82, 2.24) is 0 Å². The first-order valence-corrected chi connectivity index (χ1v) is 36.2. The molecule has 7 aromatic rings. The van der Waals surface area contributed by atoms with Crippen LogP contribution in [0.15, 0.2) is 146 Å². The van der Waals surface area contributed by atoms with Crippen molar-refractivity contribution in [3.8, 4) is 17.2 Å². The van der Waals surface area contributed by atoms with Gasteiger partial charge in [-0.15, -0.1) is 0 Å². The van der Waals surface area contributed by atoms with Gasteiger partial charge in [0.25, 0.3) is 5.69 Å². The summed E-state index contributed by atoms with van der Waals surface area (Å²) in [6.07, 6.45) is 21.6. The molecule has 0 aliphatic carbocycles. The van der Waals surface area contributed by atoms with E-state index in [0.29, 0.717) is 76.2 Å². The van der Waals surface area contributed by atoms with Crippen molar-refractivity contribution in [1.29, 1.82) is 0 Å². The van der Waals surface area contributed by atoms with Gasteiger partial charge in [0.2, 0.25) is 0 Å². The summed E-state index contributed by atoms with van der Waals surface area (Å²) in [4.78, 5) is 19.7. The van der Waals surface area contributed by atoms with E-state index in [1.807, 2.05) is 48.5 Å². The quantitative estimate of drug-likeness (QED) is 0.0251. The molecule has 0 aromatic heterocycles. The number of unbranched alkanes of at least 4 members (excludes halogenated alkanes) is 4. The van der Waals surface area contributed by atoms with Crippen molar-refractivity contribution in [3.05, 3.63) is 217 Å². The topological polar surface area (TPSA) is 132 Å². The minimum absolute atomic E-state index is 0.0952. The van der Waals surface area contributed by atoms with Crippen LogP contribution in [0.1, 0.15) is 226 Å². The van der Waals surface area contributed by atoms with Crippen molar-refractivity contribution in [2.75, 3.05) is 27.9 Å². The minimum Gasteiger partial charge on any atom is -0.508 e. The largest absolute Gasteiger partial charge is 0.508 e. The standard InChI is InChI=1S/C83H112N4O7/c1-9-17-21-61(13-5)47-68-31-36-76(85(56-66-27-41-80(89)42-28-66)60-74-53-78(87(91)92)38-33-70(74)49-63(15-7)23-19-11-3)51-72(68)58-84(55-65-25-39-79(88)40-26-65)75-35-32-69(48-62(14-6)22-18-10-2)73(52-75)59-86(57-67-29-43-81(90)44-30-67)77-37-34-71(50-64(16-8)24-20-12-4)82(54-77)83-93-45-46-94-83/h25-44,51-54,61-64,83,88-90H,9-24,45-50,55-60H2,1-8H3. The lowest BCUT2D eigenvalue weighted by Crippen LogP contribution is -2.26. The minimum atomic E-state index is -0.431. The molecular weight excluding hydrogens is 1160 g/mol. The van der Waals surface area contributed by atoms with Crippen LogP contribution in [-0.4, -0.2) is 33.5 Å². The Kier molecular flexibility index (Phi) is 29.1. The van der Waals surface area contributed by atoms with Crippen LogP contribution in [0.25, 0.3) is 0 Å². The molecule has 7 aromatic carbocycles. The fourth-order valence-electron chi connectivity index (χ4n) is 13.9. The number of phenols is 3. The molecule has 1 saturated heterocycles. The summed E-state index contributed by atoms with van der Waals surface area (Å²) < 4.78 is 12.7. The average molecular weight is 1280 g/mol. The van der Waals surface area contributed by atoms with Gasteiger partial charge in [-0.2, -0.15) is 0 Å². The molecule has 0 spiro atoms. The van der Waals surface area contributed by atoms with Gasteiger partial charge >= 0.3 is 0 Å². The number of rotatable bonds is 41. The Morgan fingerprint density at radius 2 is 0.702 bits per heavy atom. The highest BCUT2D eigenvalue weighted by molar-refractivity contribution is 5.59. The molecule has 0 amide bonds. The summed E-state index contributed by atoms with van der Waals surface area (Å²) in [6, 6.07) is 49.5. The van der Waals surface area contributed by atoms with Crippen LogP contribution < -0.4 is 14.7 Å². The molecule has 1 aliphatic rings. The molecule has 1 fully saturated rings. The summed E-state index contributed by atoms with van der Waals surface area (Å²) in [6.45, 7) is 22.8. The zero-order valence-electron chi connectivity index (χ0n) is 58.3. The number of nitro groups is 1. The van der Waals surface area contributed by atoms with Gasteiger partial charge in [-0.05, 0) is 178 Å². The van der Waals surface area contributed by atoms with E-state index >= 15 is 0 Å². The van der Waals surface area contributed by atoms with E-state index in [4.69, 9.17) is 9.47 Å². The van der Waals surface area contributed by atoms with Crippen molar-refractivity contribution in [2.24, 2.45) is 23.7 Å². The molecule has 0 radical (unpaired) electrons. The van der Waals surface area contributed by atoms with Gasteiger partial charge in [0.05, 0.1) is 18.1 Å². The van der Waals surface area contributed by atoms with Crippen LogP contribution in [-0.2, 0) is 74.4 Å². The van der Waals surface area contributed by atoms with Crippen LogP contribution in [0.3, 0.4) is 0 Å². The summed E-state index contributed by atoms with van der Waals surface area (Å²) in [5.74, 6) is 2.72. The second-order valence-electron chi connectivity index (χ2n) is 27.1. The van der Waals surface area contributed by atoms with E-state index < -0.39 is 6.29 Å². The number of aromatic hydroxyl groups is 3. The molecule has 8 rings (SSSR count). The Morgan fingerprint density at radius 3 is 1.03 bits per heavy atom. The SMILES string of the molecule is CCCCC(CC)Cc1ccc(N(Cc2ccc(O)cc2)Cc2cc([N+](=O)[O-])ccc2CC(CC)CCCC)cc1CN(Cc1ccc(O)cc1)c1ccc(CC(CC)CCCC)c(CN(Cc2ccc(O)cc2)c2ccc(CC(CC)CCCC)c(C3OCCO3)c2)c1. The number of hydrogen-bond acceptors (Lipinski definition) is 10. The second kappa shape index (κ2) is 37.7. The van der Waals surface area contributed by atoms with Crippen molar-refractivity contribution in [2.45, 2.75) is 229 Å². The van der Waals surface area contributed by atoms with Gasteiger partial charge in [-0.1, -0.05) is 219 Å². The molecule has 4 atom stereocenters. The van der Waals surface area contributed by atoms with Gasteiger partial charge in [0, 0.05) is 74.0 Å². The van der Waals surface area contributed by atoms with E-state index in [1.165, 1.54) is 66.3 Å². The molecule has 11 heteroatoms. The Bertz CT molecular complexity index is 3380. The molecule has 11 nitrogen and oxygen atoms in total. The van der Waals surface area contributed by atoms with E-state index in [9.17, 15) is 25.4 Å². The highest BCUT2D eigenvalue weighted by Crippen LogP contribution is 2.38. The summed E-state index contributed by atoms with van der Waals surface area (Å²) >= 11 is 0. The van der Waals surface area contributed by atoms with E-state index in [1.54, 1.807) is 42.5 Å². The maximum absolute atomic E-state index is 12.6. The third kappa shape index (κ3) is 21.6. The Morgan fingerprint density at radius 1 is 0.394 bits per heavy atom. The molecule has 0 bridgehead atoms. The number of non-ortho nitro benzene ring substituents is 1. The number of hydrogen-bond donors (Lipinski definition) is 3. The van der Waals surface area contributed by atoms with Gasteiger partial charge in [0.1, 0.15) is 17.2 Å². The lowest BCUT2D eigenvalue weighted by Gasteiger charge is -2.32. The van der Waals surface area contributed by atoms with Crippen LogP contribution in [0.2, 0.25) is 0 Å². The zero-order chi connectivity index (χ0) is 66.8. The summed E-state index contributed by atoms with van der Waals surface area (Å²) in [5, 5.41) is 44.4. The van der Waals surface area contributed by atoms with Crippen LogP contribution >= 0.6 is 0 Å². The number of benzene rings is 7. The average Bonchev–Trinajstić information content (AvgIpc) is 1.02. The molecule has 1 aliphatic heterocycles. The Balaban J connectivity index is 1.30.